The first-order valence-corrected chi connectivity index (χ1v) is 6.06. The fraction of sp³-hybridized carbons (Fsp3) is 0.267. The van der Waals surface area contributed by atoms with Gasteiger partial charge < -0.3 is 9.84 Å². The second-order valence-corrected chi connectivity index (χ2v) is 4.62. The molecule has 2 aromatic rings. The zero-order chi connectivity index (χ0) is 12.7. The van der Waals surface area contributed by atoms with Crippen LogP contribution >= 0.6 is 0 Å². The van der Waals surface area contributed by atoms with E-state index in [1.807, 2.05) is 12.1 Å². The number of methoxy groups -OCH3 is 1. The van der Waals surface area contributed by atoms with Gasteiger partial charge in [-0.3, -0.25) is 4.79 Å². The Morgan fingerprint density at radius 1 is 1.22 bits per heavy atom. The second-order valence-electron chi connectivity index (χ2n) is 4.62. The van der Waals surface area contributed by atoms with Crippen molar-refractivity contribution < 1.29 is 14.6 Å². The van der Waals surface area contributed by atoms with Crippen molar-refractivity contribution in [3.63, 3.8) is 0 Å². The molecule has 0 fully saturated rings. The normalized spacial score (nSPS) is 14.6. The molecular weight excluding hydrogens is 228 g/mol. The molecule has 0 heterocycles. The standard InChI is InChI=1S/C15H14O3/c1-18-11-5-6-12-10(8-11)7-9-3-2-4-13(16)14(9)15(12)17/h5-8,17H,2-4H2,1H3. The number of carbonyl (C=O) groups is 1. The van der Waals surface area contributed by atoms with E-state index in [0.717, 1.165) is 29.5 Å². The van der Waals surface area contributed by atoms with Crippen LogP contribution in [0, 0.1) is 0 Å². The summed E-state index contributed by atoms with van der Waals surface area (Å²) in [5, 5.41) is 11.9. The molecule has 0 amide bonds. The smallest absolute Gasteiger partial charge is 0.166 e. The maximum absolute atomic E-state index is 11.9. The van der Waals surface area contributed by atoms with Crippen LogP contribution < -0.4 is 4.74 Å². The van der Waals surface area contributed by atoms with Gasteiger partial charge in [0, 0.05) is 11.8 Å². The molecule has 0 saturated heterocycles. The van der Waals surface area contributed by atoms with Gasteiger partial charge in [0.2, 0.25) is 0 Å². The molecule has 1 aliphatic carbocycles. The molecule has 2 aromatic carbocycles. The Balaban J connectivity index is 2.32. The molecule has 0 radical (unpaired) electrons. The zero-order valence-electron chi connectivity index (χ0n) is 10.2. The summed E-state index contributed by atoms with van der Waals surface area (Å²) in [5.74, 6) is 0.922. The lowest BCUT2D eigenvalue weighted by Gasteiger charge is -2.17. The number of hydrogen-bond acceptors (Lipinski definition) is 3. The number of fused-ring (bicyclic) bond motifs is 2. The Labute approximate surface area is 105 Å². The number of ketones is 1. The Morgan fingerprint density at radius 3 is 2.83 bits per heavy atom. The number of Topliss-reactive ketones (excluding diaryl/α,β-unsaturated/α-hetero) is 1. The van der Waals surface area contributed by atoms with E-state index in [9.17, 15) is 9.90 Å². The number of ether oxygens (including phenoxy) is 1. The van der Waals surface area contributed by atoms with E-state index in [0.29, 0.717) is 17.4 Å². The van der Waals surface area contributed by atoms with Crippen molar-refractivity contribution in [3.05, 3.63) is 35.4 Å². The third-order valence-corrected chi connectivity index (χ3v) is 3.53. The van der Waals surface area contributed by atoms with Crippen LogP contribution in [0.1, 0.15) is 28.8 Å². The van der Waals surface area contributed by atoms with E-state index in [2.05, 4.69) is 0 Å². The fourth-order valence-electron chi connectivity index (χ4n) is 2.62. The van der Waals surface area contributed by atoms with Crippen LogP contribution in [0.5, 0.6) is 11.5 Å². The van der Waals surface area contributed by atoms with Crippen molar-refractivity contribution in [3.8, 4) is 11.5 Å². The van der Waals surface area contributed by atoms with E-state index in [-0.39, 0.29) is 11.5 Å². The monoisotopic (exact) mass is 242 g/mol. The lowest BCUT2D eigenvalue weighted by Crippen LogP contribution is -2.11. The lowest BCUT2D eigenvalue weighted by atomic mass is 9.87. The number of phenolic OH excluding ortho intramolecular Hbond substituents is 1. The van der Waals surface area contributed by atoms with Crippen molar-refractivity contribution in [1.29, 1.82) is 0 Å². The van der Waals surface area contributed by atoms with Gasteiger partial charge >= 0.3 is 0 Å². The van der Waals surface area contributed by atoms with E-state index in [4.69, 9.17) is 4.74 Å². The average Bonchev–Trinajstić information content (AvgIpc) is 2.38. The van der Waals surface area contributed by atoms with Crippen molar-refractivity contribution in [2.75, 3.05) is 7.11 Å². The Morgan fingerprint density at radius 2 is 2.06 bits per heavy atom. The van der Waals surface area contributed by atoms with Crippen LogP contribution in [-0.4, -0.2) is 18.0 Å². The highest BCUT2D eigenvalue weighted by Gasteiger charge is 2.22. The summed E-state index contributed by atoms with van der Waals surface area (Å²) in [5.41, 5.74) is 1.46. The van der Waals surface area contributed by atoms with Crippen molar-refractivity contribution >= 4 is 16.6 Å². The summed E-state index contributed by atoms with van der Waals surface area (Å²) in [6.07, 6.45) is 2.24. The molecule has 1 N–H and O–H groups in total. The zero-order valence-corrected chi connectivity index (χ0v) is 10.2. The van der Waals surface area contributed by atoms with Gasteiger partial charge in [-0.25, -0.2) is 0 Å². The second kappa shape index (κ2) is 4.02. The molecular formula is C15H14O3. The quantitative estimate of drug-likeness (QED) is 0.836. The number of carbonyl (C=O) groups excluding carboxylic acids is 1. The number of aryl methyl sites for hydroxylation is 1. The van der Waals surface area contributed by atoms with Crippen LogP contribution in [-0.2, 0) is 6.42 Å². The Bertz CT molecular complexity index is 644. The maximum atomic E-state index is 11.9. The van der Waals surface area contributed by atoms with Crippen LogP contribution in [0.15, 0.2) is 24.3 Å². The molecule has 3 nitrogen and oxygen atoms in total. The largest absolute Gasteiger partial charge is 0.507 e. The maximum Gasteiger partial charge on any atom is 0.166 e. The van der Waals surface area contributed by atoms with E-state index in [1.165, 1.54) is 0 Å². The van der Waals surface area contributed by atoms with Crippen molar-refractivity contribution in [2.24, 2.45) is 0 Å². The molecule has 0 spiro atoms. The SMILES string of the molecule is COc1ccc2c(O)c3c(cc2c1)CCCC3=O. The van der Waals surface area contributed by atoms with Gasteiger partial charge in [0.15, 0.2) is 5.78 Å². The summed E-state index contributed by atoms with van der Waals surface area (Å²) in [6.45, 7) is 0. The van der Waals surface area contributed by atoms with Gasteiger partial charge in [0.05, 0.1) is 12.7 Å². The average molecular weight is 242 g/mol. The molecule has 0 aliphatic heterocycles. The van der Waals surface area contributed by atoms with Gasteiger partial charge in [-0.2, -0.15) is 0 Å². The molecule has 0 bridgehead atoms. The first-order valence-electron chi connectivity index (χ1n) is 6.06. The third-order valence-electron chi connectivity index (χ3n) is 3.53. The molecule has 0 atom stereocenters. The number of benzene rings is 2. The molecule has 0 saturated carbocycles. The van der Waals surface area contributed by atoms with E-state index in [1.54, 1.807) is 19.2 Å². The van der Waals surface area contributed by atoms with Gasteiger partial charge in [-0.05, 0) is 42.0 Å². The minimum Gasteiger partial charge on any atom is -0.507 e. The minimum atomic E-state index is 0.0477. The Kier molecular flexibility index (Phi) is 2.47. The Hall–Kier alpha value is -2.03. The molecule has 1 aliphatic rings. The topological polar surface area (TPSA) is 46.5 Å². The van der Waals surface area contributed by atoms with Crippen LogP contribution in [0.4, 0.5) is 0 Å². The van der Waals surface area contributed by atoms with Crippen molar-refractivity contribution in [2.45, 2.75) is 19.3 Å². The summed E-state index contributed by atoms with van der Waals surface area (Å²) >= 11 is 0. The predicted molar refractivity (Wildman–Crippen MR) is 69.4 cm³/mol. The highest BCUT2D eigenvalue weighted by atomic mass is 16.5. The molecule has 92 valence electrons. The first-order chi connectivity index (χ1) is 8.70. The molecule has 0 unspecified atom stereocenters. The van der Waals surface area contributed by atoms with Gasteiger partial charge in [-0.15, -0.1) is 0 Å². The summed E-state index contributed by atoms with van der Waals surface area (Å²) in [6, 6.07) is 7.46. The minimum absolute atomic E-state index is 0.0477. The number of rotatable bonds is 1. The predicted octanol–water partition coefficient (Wildman–Crippen LogP) is 3.07. The van der Waals surface area contributed by atoms with Crippen LogP contribution in [0.3, 0.4) is 0 Å². The van der Waals surface area contributed by atoms with Crippen LogP contribution in [0.2, 0.25) is 0 Å². The van der Waals surface area contributed by atoms with Gasteiger partial charge in [-0.1, -0.05) is 6.07 Å². The van der Waals surface area contributed by atoms with Gasteiger partial charge in [0.1, 0.15) is 11.5 Å². The number of aromatic hydroxyl groups is 1. The molecule has 3 rings (SSSR count). The lowest BCUT2D eigenvalue weighted by molar-refractivity contribution is 0.0970. The number of phenols is 1. The molecule has 3 heteroatoms. The van der Waals surface area contributed by atoms with E-state index < -0.39 is 0 Å². The summed E-state index contributed by atoms with van der Waals surface area (Å²) in [7, 11) is 1.61. The van der Waals surface area contributed by atoms with E-state index >= 15 is 0 Å². The molecule has 0 aromatic heterocycles. The highest BCUT2D eigenvalue weighted by molar-refractivity contribution is 6.07. The fourth-order valence-corrected chi connectivity index (χ4v) is 2.62. The molecule has 18 heavy (non-hydrogen) atoms. The summed E-state index contributed by atoms with van der Waals surface area (Å²) < 4.78 is 5.18. The van der Waals surface area contributed by atoms with Crippen LogP contribution in [0.25, 0.3) is 10.8 Å². The van der Waals surface area contributed by atoms with Gasteiger partial charge in [0.25, 0.3) is 0 Å². The highest BCUT2D eigenvalue weighted by Crippen LogP contribution is 2.37. The third kappa shape index (κ3) is 1.55. The number of hydrogen-bond donors (Lipinski definition) is 1. The first kappa shape index (κ1) is 11.1. The van der Waals surface area contributed by atoms with Crippen molar-refractivity contribution in [1.82, 2.24) is 0 Å². The summed E-state index contributed by atoms with van der Waals surface area (Å²) in [4.78, 5) is 11.9.